The number of H-pyrrole nitrogens is 1. The number of aliphatic hydroxyl groups excluding tert-OH is 1. The Morgan fingerprint density at radius 3 is 2.79 bits per heavy atom. The van der Waals surface area contributed by atoms with Crippen molar-refractivity contribution >= 4 is 28.4 Å². The number of nitrogens with zero attached hydrogens (tertiary/aromatic N) is 1. The molecule has 2 heterocycles. The summed E-state index contributed by atoms with van der Waals surface area (Å²) in [6.45, 7) is 3.77. The standard InChI is InChI=1S/C18H23ClN2O3/c1-12-14-9-13(19)3-4-15(14)20-16(12)17(23)21(2)10-18(11-22)5-7-24-8-6-18/h3-4,9,20,22H,5-8,10-11H2,1-2H3. The zero-order chi connectivity index (χ0) is 17.3. The van der Waals surface area contributed by atoms with Gasteiger partial charge in [0.05, 0.1) is 6.61 Å². The van der Waals surface area contributed by atoms with E-state index in [4.69, 9.17) is 16.3 Å². The lowest BCUT2D eigenvalue weighted by molar-refractivity contribution is -0.0283. The molecular formula is C18H23ClN2O3. The molecule has 1 aliphatic rings. The van der Waals surface area contributed by atoms with Crippen molar-refractivity contribution in [3.8, 4) is 0 Å². The van der Waals surface area contributed by atoms with E-state index in [1.165, 1.54) is 0 Å². The van der Waals surface area contributed by atoms with Gasteiger partial charge in [-0.05, 0) is 43.5 Å². The number of amides is 1. The van der Waals surface area contributed by atoms with Crippen LogP contribution in [0.4, 0.5) is 0 Å². The first-order valence-corrected chi connectivity index (χ1v) is 8.55. The fourth-order valence-electron chi connectivity index (χ4n) is 3.45. The number of rotatable bonds is 4. The fraction of sp³-hybridized carbons (Fsp3) is 0.500. The maximum absolute atomic E-state index is 12.9. The molecule has 0 saturated carbocycles. The van der Waals surface area contributed by atoms with Crippen molar-refractivity contribution in [2.24, 2.45) is 5.41 Å². The molecule has 24 heavy (non-hydrogen) atoms. The number of aromatic amines is 1. The minimum Gasteiger partial charge on any atom is -0.396 e. The Balaban J connectivity index is 1.84. The van der Waals surface area contributed by atoms with Gasteiger partial charge >= 0.3 is 0 Å². The van der Waals surface area contributed by atoms with Crippen LogP contribution in [0.5, 0.6) is 0 Å². The van der Waals surface area contributed by atoms with Gasteiger partial charge in [0.25, 0.3) is 5.91 Å². The Labute approximate surface area is 146 Å². The normalized spacial score (nSPS) is 17.2. The number of aromatic nitrogens is 1. The molecule has 0 radical (unpaired) electrons. The summed E-state index contributed by atoms with van der Waals surface area (Å²) in [5, 5.41) is 11.4. The Kier molecular flexibility index (Phi) is 4.85. The first kappa shape index (κ1) is 17.3. The van der Waals surface area contributed by atoms with Crippen LogP contribution in [0.1, 0.15) is 28.9 Å². The Bertz CT molecular complexity index is 750. The highest BCUT2D eigenvalue weighted by Crippen LogP contribution is 2.32. The van der Waals surface area contributed by atoms with Gasteiger partial charge in [0.15, 0.2) is 0 Å². The summed E-state index contributed by atoms with van der Waals surface area (Å²) in [6, 6.07) is 5.56. The second kappa shape index (κ2) is 6.75. The molecule has 130 valence electrons. The maximum atomic E-state index is 12.9. The number of carbonyl (C=O) groups excluding carboxylic acids is 1. The molecule has 0 aliphatic carbocycles. The number of aryl methyl sites for hydroxylation is 1. The van der Waals surface area contributed by atoms with Gasteiger partial charge in [0, 0.05) is 48.1 Å². The third-order valence-corrected chi connectivity index (χ3v) is 5.28. The zero-order valence-corrected chi connectivity index (χ0v) is 14.8. The minimum absolute atomic E-state index is 0.0648. The quantitative estimate of drug-likeness (QED) is 0.890. The molecular weight excluding hydrogens is 328 g/mol. The Hall–Kier alpha value is -1.56. The SMILES string of the molecule is Cc1c(C(=O)N(C)CC2(CO)CCOCC2)[nH]c2ccc(Cl)cc12. The lowest BCUT2D eigenvalue weighted by Crippen LogP contribution is -2.44. The van der Waals surface area contributed by atoms with Crippen LogP contribution in [-0.4, -0.2) is 54.3 Å². The molecule has 0 unspecified atom stereocenters. The minimum atomic E-state index is -0.272. The molecule has 1 fully saturated rings. The molecule has 1 aromatic carbocycles. The van der Waals surface area contributed by atoms with E-state index < -0.39 is 0 Å². The van der Waals surface area contributed by atoms with Crippen LogP contribution in [0.2, 0.25) is 5.02 Å². The van der Waals surface area contributed by atoms with E-state index in [1.807, 2.05) is 19.1 Å². The van der Waals surface area contributed by atoms with E-state index in [9.17, 15) is 9.90 Å². The molecule has 1 aliphatic heterocycles. The average molecular weight is 351 g/mol. The molecule has 6 heteroatoms. The van der Waals surface area contributed by atoms with Crippen molar-refractivity contribution in [2.75, 3.05) is 33.4 Å². The number of aliphatic hydroxyl groups is 1. The third-order valence-electron chi connectivity index (χ3n) is 5.04. The molecule has 0 bridgehead atoms. The molecule has 0 spiro atoms. The first-order valence-electron chi connectivity index (χ1n) is 8.18. The molecule has 1 saturated heterocycles. The van der Waals surface area contributed by atoms with Gasteiger partial charge in [-0.15, -0.1) is 0 Å². The van der Waals surface area contributed by atoms with Gasteiger partial charge in [-0.25, -0.2) is 0 Å². The summed E-state index contributed by atoms with van der Waals surface area (Å²) in [4.78, 5) is 17.8. The molecule has 2 N–H and O–H groups in total. The van der Waals surface area contributed by atoms with Crippen molar-refractivity contribution in [1.29, 1.82) is 0 Å². The van der Waals surface area contributed by atoms with Gasteiger partial charge in [-0.1, -0.05) is 11.6 Å². The largest absolute Gasteiger partial charge is 0.396 e. The number of carbonyl (C=O) groups is 1. The molecule has 1 amide bonds. The van der Waals surface area contributed by atoms with Crippen LogP contribution in [0.3, 0.4) is 0 Å². The second-order valence-electron chi connectivity index (χ2n) is 6.75. The first-order chi connectivity index (χ1) is 11.5. The van der Waals surface area contributed by atoms with Gasteiger partial charge < -0.3 is 19.7 Å². The highest BCUT2D eigenvalue weighted by molar-refractivity contribution is 6.31. The highest BCUT2D eigenvalue weighted by atomic mass is 35.5. The number of benzene rings is 1. The summed E-state index contributed by atoms with van der Waals surface area (Å²) in [7, 11) is 1.78. The molecule has 0 atom stereocenters. The number of hydrogen-bond donors (Lipinski definition) is 2. The van der Waals surface area contributed by atoms with Crippen LogP contribution in [0.25, 0.3) is 10.9 Å². The van der Waals surface area contributed by atoms with Gasteiger partial charge in [-0.3, -0.25) is 4.79 Å². The van der Waals surface area contributed by atoms with E-state index in [0.29, 0.717) is 30.5 Å². The number of fused-ring (bicyclic) bond motifs is 1. The van der Waals surface area contributed by atoms with Crippen molar-refractivity contribution < 1.29 is 14.6 Å². The van der Waals surface area contributed by atoms with Crippen LogP contribution in [0.15, 0.2) is 18.2 Å². The number of hydrogen-bond acceptors (Lipinski definition) is 3. The monoisotopic (exact) mass is 350 g/mol. The average Bonchev–Trinajstić information content (AvgIpc) is 2.91. The summed E-state index contributed by atoms with van der Waals surface area (Å²) in [5.74, 6) is -0.0702. The third kappa shape index (κ3) is 3.16. The zero-order valence-electron chi connectivity index (χ0n) is 14.1. The molecule has 1 aromatic heterocycles. The van der Waals surface area contributed by atoms with Crippen molar-refractivity contribution in [1.82, 2.24) is 9.88 Å². The summed E-state index contributed by atoms with van der Waals surface area (Å²) in [5.41, 5.74) is 2.10. The topological polar surface area (TPSA) is 65.6 Å². The lowest BCUT2D eigenvalue weighted by atomic mass is 9.80. The fourth-order valence-corrected chi connectivity index (χ4v) is 3.62. The lowest BCUT2D eigenvalue weighted by Gasteiger charge is -2.38. The van der Waals surface area contributed by atoms with Gasteiger partial charge in [0.1, 0.15) is 5.69 Å². The molecule has 3 rings (SSSR count). The van der Waals surface area contributed by atoms with Gasteiger partial charge in [-0.2, -0.15) is 0 Å². The summed E-state index contributed by atoms with van der Waals surface area (Å²) in [6.07, 6.45) is 1.53. The van der Waals surface area contributed by atoms with Gasteiger partial charge in [0.2, 0.25) is 0 Å². The van der Waals surface area contributed by atoms with Crippen molar-refractivity contribution in [3.05, 3.63) is 34.5 Å². The Morgan fingerprint density at radius 1 is 1.42 bits per heavy atom. The van der Waals surface area contributed by atoms with E-state index in [0.717, 1.165) is 29.3 Å². The maximum Gasteiger partial charge on any atom is 0.270 e. The summed E-state index contributed by atoms with van der Waals surface area (Å²) >= 11 is 6.06. The van der Waals surface area contributed by atoms with E-state index in [2.05, 4.69) is 4.98 Å². The summed E-state index contributed by atoms with van der Waals surface area (Å²) < 4.78 is 5.39. The smallest absolute Gasteiger partial charge is 0.270 e. The van der Waals surface area contributed by atoms with E-state index in [1.54, 1.807) is 18.0 Å². The van der Waals surface area contributed by atoms with E-state index in [-0.39, 0.29) is 17.9 Å². The predicted octanol–water partition coefficient (Wildman–Crippen LogP) is 2.99. The van der Waals surface area contributed by atoms with Crippen LogP contribution < -0.4 is 0 Å². The van der Waals surface area contributed by atoms with Crippen LogP contribution >= 0.6 is 11.6 Å². The second-order valence-corrected chi connectivity index (χ2v) is 7.18. The van der Waals surface area contributed by atoms with E-state index >= 15 is 0 Å². The molecule has 5 nitrogen and oxygen atoms in total. The predicted molar refractivity (Wildman–Crippen MR) is 94.6 cm³/mol. The molecule has 2 aromatic rings. The van der Waals surface area contributed by atoms with Crippen molar-refractivity contribution in [2.45, 2.75) is 19.8 Å². The number of halogens is 1. The van der Waals surface area contributed by atoms with Crippen LogP contribution in [-0.2, 0) is 4.74 Å². The number of ether oxygens (including phenoxy) is 1. The van der Waals surface area contributed by atoms with Crippen molar-refractivity contribution in [3.63, 3.8) is 0 Å². The number of nitrogens with one attached hydrogen (secondary N) is 1. The Morgan fingerprint density at radius 2 is 2.12 bits per heavy atom. The van der Waals surface area contributed by atoms with Crippen LogP contribution in [0, 0.1) is 12.3 Å². The highest BCUT2D eigenvalue weighted by Gasteiger charge is 2.35.